The van der Waals surface area contributed by atoms with Crippen molar-refractivity contribution in [3.8, 4) is 0 Å². The van der Waals surface area contributed by atoms with E-state index in [0.29, 0.717) is 32.0 Å². The van der Waals surface area contributed by atoms with E-state index in [4.69, 9.17) is 0 Å². The summed E-state index contributed by atoms with van der Waals surface area (Å²) >= 11 is 0. The van der Waals surface area contributed by atoms with Gasteiger partial charge < -0.3 is 15.0 Å². The maximum absolute atomic E-state index is 12.7. The summed E-state index contributed by atoms with van der Waals surface area (Å²) in [5.41, 5.74) is 2.99. The second kappa shape index (κ2) is 9.21. The number of amides is 2. The van der Waals surface area contributed by atoms with Crippen molar-refractivity contribution in [2.24, 2.45) is 28.7 Å². The number of pyridine rings is 1. The first-order valence-corrected chi connectivity index (χ1v) is 11.0. The SMILES string of the molecule is CN=C(NCCCN1C(=O)C2C3C=CC(C3)C2C1=O)NCc1cn2c(C)cccc2n1.I. The summed E-state index contributed by atoms with van der Waals surface area (Å²) in [4.78, 5) is 35.8. The van der Waals surface area contributed by atoms with Gasteiger partial charge in [-0.05, 0) is 43.7 Å². The molecule has 5 rings (SSSR count). The molecule has 3 heterocycles. The number of nitrogens with one attached hydrogen (secondary N) is 2. The summed E-state index contributed by atoms with van der Waals surface area (Å²) in [6.45, 7) is 3.70. The number of carbonyl (C=O) groups is 2. The van der Waals surface area contributed by atoms with Crippen LogP contribution in [0.5, 0.6) is 0 Å². The topological polar surface area (TPSA) is 91.1 Å². The highest BCUT2D eigenvalue weighted by Gasteiger charge is 2.58. The third kappa shape index (κ3) is 3.91. The van der Waals surface area contributed by atoms with E-state index in [2.05, 4.69) is 50.2 Å². The molecule has 4 atom stereocenters. The van der Waals surface area contributed by atoms with Gasteiger partial charge in [0, 0.05) is 32.0 Å². The second-order valence-corrected chi connectivity index (χ2v) is 8.66. The van der Waals surface area contributed by atoms with Crippen LogP contribution in [0.25, 0.3) is 5.65 Å². The number of nitrogens with zero attached hydrogens (tertiary/aromatic N) is 4. The van der Waals surface area contributed by atoms with Crippen molar-refractivity contribution in [2.45, 2.75) is 26.3 Å². The Morgan fingerprint density at radius 1 is 1.16 bits per heavy atom. The van der Waals surface area contributed by atoms with Crippen LogP contribution in [0.1, 0.15) is 24.2 Å². The standard InChI is InChI=1S/C23H28N6O2.HI/c1-14-5-3-6-18-27-17(13-29(14)18)12-26-23(24-2)25-9-4-10-28-21(30)19-15-7-8-16(11-15)20(19)22(28)31;/h3,5-8,13,15-16,19-20H,4,9-12H2,1-2H3,(H2,24,25,26);1H. The first kappa shape index (κ1) is 22.8. The van der Waals surface area contributed by atoms with Crippen LogP contribution < -0.4 is 10.6 Å². The van der Waals surface area contributed by atoms with Crippen molar-refractivity contribution in [1.82, 2.24) is 24.9 Å². The van der Waals surface area contributed by atoms with Gasteiger partial charge in [-0.1, -0.05) is 18.2 Å². The first-order chi connectivity index (χ1) is 15.1. The number of imide groups is 1. The van der Waals surface area contributed by atoms with Gasteiger partial charge in [-0.3, -0.25) is 19.5 Å². The fourth-order valence-electron chi connectivity index (χ4n) is 5.31. The Morgan fingerprint density at radius 2 is 1.88 bits per heavy atom. The number of fused-ring (bicyclic) bond motifs is 6. The second-order valence-electron chi connectivity index (χ2n) is 8.66. The minimum Gasteiger partial charge on any atom is -0.356 e. The van der Waals surface area contributed by atoms with Gasteiger partial charge in [0.05, 0.1) is 24.1 Å². The molecule has 4 unspecified atom stereocenters. The Morgan fingerprint density at radius 3 is 2.53 bits per heavy atom. The molecule has 2 amide bonds. The molecule has 2 aromatic heterocycles. The summed E-state index contributed by atoms with van der Waals surface area (Å²) in [5, 5.41) is 6.53. The van der Waals surface area contributed by atoms with E-state index >= 15 is 0 Å². The van der Waals surface area contributed by atoms with E-state index in [-0.39, 0.29) is 59.5 Å². The van der Waals surface area contributed by atoms with Crippen LogP contribution in [0.4, 0.5) is 0 Å². The molecule has 2 N–H and O–H groups in total. The fraction of sp³-hybridized carbons (Fsp3) is 0.478. The highest BCUT2D eigenvalue weighted by atomic mass is 127. The van der Waals surface area contributed by atoms with E-state index in [0.717, 1.165) is 23.5 Å². The predicted octanol–water partition coefficient (Wildman–Crippen LogP) is 2.12. The third-order valence-electron chi connectivity index (χ3n) is 6.82. The molecule has 32 heavy (non-hydrogen) atoms. The lowest BCUT2D eigenvalue weighted by Crippen LogP contribution is -2.39. The maximum Gasteiger partial charge on any atom is 0.233 e. The molecule has 0 radical (unpaired) electrons. The summed E-state index contributed by atoms with van der Waals surface area (Å²) in [5.74, 6) is 1.03. The molecule has 1 saturated carbocycles. The Kier molecular flexibility index (Phi) is 6.55. The number of rotatable bonds is 6. The Labute approximate surface area is 204 Å². The van der Waals surface area contributed by atoms with Crippen molar-refractivity contribution in [3.05, 3.63) is 47.9 Å². The Bertz CT molecular complexity index is 1060. The van der Waals surface area contributed by atoms with Crippen molar-refractivity contribution < 1.29 is 9.59 Å². The zero-order chi connectivity index (χ0) is 21.5. The Balaban J connectivity index is 0.00000245. The van der Waals surface area contributed by atoms with Gasteiger partial charge >= 0.3 is 0 Å². The number of aliphatic imine (C=N–C) groups is 1. The molecule has 0 spiro atoms. The number of guanidine groups is 1. The van der Waals surface area contributed by atoms with Gasteiger partial charge in [-0.25, -0.2) is 4.98 Å². The van der Waals surface area contributed by atoms with Crippen LogP contribution >= 0.6 is 24.0 Å². The van der Waals surface area contributed by atoms with Gasteiger partial charge in [0.15, 0.2) is 5.96 Å². The van der Waals surface area contributed by atoms with Gasteiger partial charge in [0.2, 0.25) is 11.8 Å². The predicted molar refractivity (Wildman–Crippen MR) is 133 cm³/mol. The molecule has 3 aliphatic rings. The van der Waals surface area contributed by atoms with E-state index < -0.39 is 0 Å². The molecule has 9 heteroatoms. The van der Waals surface area contributed by atoms with Gasteiger partial charge in [0.1, 0.15) is 5.65 Å². The van der Waals surface area contributed by atoms with Crippen LogP contribution in [0.3, 0.4) is 0 Å². The van der Waals surface area contributed by atoms with Gasteiger partial charge in [-0.15, -0.1) is 24.0 Å². The quantitative estimate of drug-likeness (QED) is 0.144. The van der Waals surface area contributed by atoms with Crippen molar-refractivity contribution in [2.75, 3.05) is 20.1 Å². The number of likely N-dealkylation sites (tertiary alicyclic amines) is 1. The number of imidazole rings is 1. The average Bonchev–Trinajstić information content (AvgIpc) is 3.52. The summed E-state index contributed by atoms with van der Waals surface area (Å²) < 4.78 is 2.06. The minimum atomic E-state index is -0.112. The van der Waals surface area contributed by atoms with E-state index in [1.54, 1.807) is 7.05 Å². The molecule has 170 valence electrons. The lowest BCUT2D eigenvalue weighted by Gasteiger charge is -2.17. The molecule has 2 aromatic rings. The van der Waals surface area contributed by atoms with Crippen LogP contribution in [0, 0.1) is 30.6 Å². The van der Waals surface area contributed by atoms with Gasteiger partial charge in [-0.2, -0.15) is 0 Å². The molecule has 1 aliphatic heterocycles. The number of carbonyl (C=O) groups excluding carboxylic acids is 2. The molecule has 2 aliphatic carbocycles. The monoisotopic (exact) mass is 548 g/mol. The van der Waals surface area contributed by atoms with Crippen molar-refractivity contribution in [1.29, 1.82) is 0 Å². The molecule has 0 aromatic carbocycles. The van der Waals surface area contributed by atoms with Crippen molar-refractivity contribution in [3.63, 3.8) is 0 Å². The highest BCUT2D eigenvalue weighted by Crippen LogP contribution is 2.52. The average molecular weight is 548 g/mol. The number of allylic oxidation sites excluding steroid dienone is 2. The molecule has 1 saturated heterocycles. The zero-order valence-corrected chi connectivity index (χ0v) is 20.7. The lowest BCUT2D eigenvalue weighted by molar-refractivity contribution is -0.140. The van der Waals surface area contributed by atoms with Crippen LogP contribution in [-0.4, -0.2) is 52.2 Å². The van der Waals surface area contributed by atoms with E-state index in [1.165, 1.54) is 4.90 Å². The fourth-order valence-corrected chi connectivity index (χ4v) is 5.31. The molecule has 2 bridgehead atoms. The summed E-state index contributed by atoms with van der Waals surface area (Å²) in [6.07, 6.45) is 7.93. The van der Waals surface area contributed by atoms with E-state index in [1.807, 2.05) is 18.3 Å². The largest absolute Gasteiger partial charge is 0.356 e. The minimum absolute atomic E-state index is 0. The van der Waals surface area contributed by atoms with E-state index in [9.17, 15) is 9.59 Å². The summed E-state index contributed by atoms with van der Waals surface area (Å²) in [7, 11) is 1.72. The number of aromatic nitrogens is 2. The smallest absolute Gasteiger partial charge is 0.233 e. The lowest BCUT2D eigenvalue weighted by atomic mass is 9.85. The van der Waals surface area contributed by atoms with Crippen molar-refractivity contribution >= 4 is 47.4 Å². The maximum atomic E-state index is 12.7. The summed E-state index contributed by atoms with van der Waals surface area (Å²) in [6, 6.07) is 6.04. The molecule has 8 nitrogen and oxygen atoms in total. The number of hydrogen-bond donors (Lipinski definition) is 2. The molecular formula is C23H29IN6O2. The molecular weight excluding hydrogens is 519 g/mol. The number of aryl methyl sites for hydroxylation is 1. The number of hydrogen-bond acceptors (Lipinski definition) is 4. The molecule has 2 fully saturated rings. The zero-order valence-electron chi connectivity index (χ0n) is 18.3. The number of halogens is 1. The van der Waals surface area contributed by atoms with Gasteiger partial charge in [0.25, 0.3) is 0 Å². The van der Waals surface area contributed by atoms with Crippen LogP contribution in [0.15, 0.2) is 41.5 Å². The third-order valence-corrected chi connectivity index (χ3v) is 6.82. The first-order valence-electron chi connectivity index (χ1n) is 11.0. The van der Waals surface area contributed by atoms with Crippen LogP contribution in [-0.2, 0) is 16.1 Å². The Hall–Kier alpha value is -2.43. The normalized spacial score (nSPS) is 26.1. The van der Waals surface area contributed by atoms with Crippen LogP contribution in [0.2, 0.25) is 0 Å². The highest BCUT2D eigenvalue weighted by molar-refractivity contribution is 14.0.